The van der Waals surface area contributed by atoms with Crippen molar-refractivity contribution >= 4 is 29.4 Å². The number of anilines is 3. The van der Waals surface area contributed by atoms with E-state index in [4.69, 9.17) is 9.47 Å². The van der Waals surface area contributed by atoms with Gasteiger partial charge in [0.05, 0.1) is 5.56 Å². The monoisotopic (exact) mass is 748 g/mol. The van der Waals surface area contributed by atoms with Crippen LogP contribution in [0.4, 0.5) is 30.8 Å². The van der Waals surface area contributed by atoms with Gasteiger partial charge >= 0.3 is 6.18 Å². The van der Waals surface area contributed by atoms with Crippen LogP contribution in [0.2, 0.25) is 0 Å². The van der Waals surface area contributed by atoms with E-state index in [1.807, 2.05) is 18.2 Å². The van der Waals surface area contributed by atoms with Crippen LogP contribution in [0.3, 0.4) is 0 Å². The third kappa shape index (κ3) is 7.30. The van der Waals surface area contributed by atoms with Crippen molar-refractivity contribution in [2.45, 2.75) is 81.5 Å². The van der Waals surface area contributed by atoms with Crippen LogP contribution >= 0.6 is 0 Å². The molecule has 2 bridgehead atoms. The van der Waals surface area contributed by atoms with Crippen LogP contribution in [0.25, 0.3) is 0 Å². The van der Waals surface area contributed by atoms with E-state index in [2.05, 4.69) is 30.2 Å². The summed E-state index contributed by atoms with van der Waals surface area (Å²) in [7, 11) is 3.51. The smallest absolute Gasteiger partial charge is 0.434 e. The highest BCUT2D eigenvalue weighted by molar-refractivity contribution is 5.95. The first-order chi connectivity index (χ1) is 26.0. The van der Waals surface area contributed by atoms with E-state index >= 15 is 0 Å². The number of carbonyl (C=O) groups excluding carboxylic acids is 2. The molecular weight excluding hydrogens is 701 g/mol. The Morgan fingerprint density at radius 3 is 2.33 bits per heavy atom. The Morgan fingerprint density at radius 2 is 1.67 bits per heavy atom. The van der Waals surface area contributed by atoms with Crippen molar-refractivity contribution in [3.05, 3.63) is 59.7 Å². The number of rotatable bonds is 7. The normalized spacial score (nSPS) is 25.3. The van der Waals surface area contributed by atoms with Gasteiger partial charge in [0.25, 0.3) is 5.91 Å². The number of piperidine rings is 1. The number of fused-ring (bicyclic) bond motifs is 4. The van der Waals surface area contributed by atoms with Crippen LogP contribution < -0.4 is 19.9 Å². The molecule has 1 spiro atoms. The Labute approximate surface area is 312 Å². The molecule has 288 valence electrons. The molecule has 5 heterocycles. The number of nitrogens with one attached hydrogen (secondary N) is 1. The average Bonchev–Trinajstić information content (AvgIpc) is 3.46. The molecule has 8 rings (SSSR count). The van der Waals surface area contributed by atoms with Crippen LogP contribution in [-0.2, 0) is 21.1 Å². The molecule has 1 N–H and O–H groups in total. The van der Waals surface area contributed by atoms with Crippen LogP contribution in [0.15, 0.2) is 42.9 Å². The van der Waals surface area contributed by atoms with E-state index in [1.54, 1.807) is 42.4 Å². The molecule has 4 fully saturated rings. The molecular formula is C39H47F3N8O4. The van der Waals surface area contributed by atoms with E-state index in [0.717, 1.165) is 62.6 Å². The minimum absolute atomic E-state index is 0.0000615. The summed E-state index contributed by atoms with van der Waals surface area (Å²) in [5, 5.41) is 2.88. The molecule has 2 saturated carbocycles. The molecule has 2 saturated heterocycles. The Hall–Kier alpha value is -4.53. The van der Waals surface area contributed by atoms with Crippen LogP contribution in [0.5, 0.6) is 5.75 Å². The third-order valence-corrected chi connectivity index (χ3v) is 12.1. The van der Waals surface area contributed by atoms with Crippen molar-refractivity contribution < 1.29 is 32.2 Å². The minimum Gasteiger partial charge on any atom is -0.490 e. The van der Waals surface area contributed by atoms with Crippen LogP contribution in [0, 0.1) is 17.8 Å². The number of benzene rings is 1. The van der Waals surface area contributed by atoms with Crippen molar-refractivity contribution in [3.63, 3.8) is 0 Å². The zero-order chi connectivity index (χ0) is 37.6. The number of ether oxygens (including phenoxy) is 2. The average molecular weight is 749 g/mol. The second-order valence-corrected chi connectivity index (χ2v) is 16.0. The lowest BCUT2D eigenvalue weighted by molar-refractivity contribution is -0.141. The standard InChI is InChI=1S/C39H47F3N8O4/c1-48(2)35(52)26-17-24-16-25(18-26)20-27(19-24)46-34(51)30-22-45-37(47-33(30)39(40,41)42)50-23-38(8-14-53-15-9-38)31-21-29(4-5-32(31)50)54-28-6-12-49(13-7-28)36-43-10-3-11-44-36/h3-5,10-11,21-22,24-28H,6-9,12-20,23H2,1-2H3,(H,46,51). The fraction of sp³-hybridized carbons (Fsp3) is 0.590. The van der Waals surface area contributed by atoms with Crippen molar-refractivity contribution in [1.29, 1.82) is 0 Å². The molecule has 0 radical (unpaired) electrons. The highest BCUT2D eigenvalue weighted by Crippen LogP contribution is 2.50. The molecule has 3 aliphatic heterocycles. The molecule has 2 atom stereocenters. The van der Waals surface area contributed by atoms with E-state index < -0.39 is 23.3 Å². The molecule has 2 unspecified atom stereocenters. The summed E-state index contributed by atoms with van der Waals surface area (Å²) >= 11 is 0. The summed E-state index contributed by atoms with van der Waals surface area (Å²) in [5.41, 5.74) is -0.510. The van der Waals surface area contributed by atoms with E-state index in [1.165, 1.54) is 0 Å². The van der Waals surface area contributed by atoms with Gasteiger partial charge in [-0.05, 0) is 86.6 Å². The lowest BCUT2D eigenvalue weighted by Crippen LogP contribution is -2.46. The van der Waals surface area contributed by atoms with Gasteiger partial charge in [-0.15, -0.1) is 0 Å². The minimum atomic E-state index is -4.88. The molecule has 2 aromatic heterocycles. The van der Waals surface area contributed by atoms with Crippen molar-refractivity contribution in [3.8, 4) is 5.75 Å². The van der Waals surface area contributed by atoms with E-state index in [-0.39, 0.29) is 47.2 Å². The predicted molar refractivity (Wildman–Crippen MR) is 194 cm³/mol. The summed E-state index contributed by atoms with van der Waals surface area (Å²) in [6.45, 7) is 2.98. The maximum absolute atomic E-state index is 14.7. The SMILES string of the molecule is CN(C)C(=O)C1CC2CC(CC(NC(=O)c3cnc(N4CC5(CCOCC5)c5cc(OC6CCN(c7ncccn7)CC6)ccc54)nc3C(F)(F)F)C2)C1. The molecule has 15 heteroatoms. The van der Waals surface area contributed by atoms with Crippen molar-refractivity contribution in [1.82, 2.24) is 30.2 Å². The van der Waals surface area contributed by atoms with Gasteiger partial charge in [-0.25, -0.2) is 19.9 Å². The van der Waals surface area contributed by atoms with Gasteiger partial charge in [0.2, 0.25) is 17.8 Å². The van der Waals surface area contributed by atoms with Crippen molar-refractivity contribution in [2.24, 2.45) is 17.8 Å². The lowest BCUT2D eigenvalue weighted by Gasteiger charge is -2.42. The first kappa shape index (κ1) is 36.4. The van der Waals surface area contributed by atoms with Gasteiger partial charge in [0.15, 0.2) is 5.69 Å². The zero-order valence-electron chi connectivity index (χ0n) is 30.7. The summed E-state index contributed by atoms with van der Waals surface area (Å²) in [4.78, 5) is 48.9. The van der Waals surface area contributed by atoms with Crippen LogP contribution in [0.1, 0.15) is 79.4 Å². The fourth-order valence-corrected chi connectivity index (χ4v) is 9.59. The Balaban J connectivity index is 0.997. The van der Waals surface area contributed by atoms with Gasteiger partial charge in [0.1, 0.15) is 11.9 Å². The third-order valence-electron chi connectivity index (χ3n) is 12.1. The van der Waals surface area contributed by atoms with Gasteiger partial charge < -0.3 is 29.5 Å². The number of nitrogens with zero attached hydrogens (tertiary/aromatic N) is 7. The summed E-state index contributed by atoms with van der Waals surface area (Å²) < 4.78 is 56.3. The maximum atomic E-state index is 14.7. The van der Waals surface area contributed by atoms with Gasteiger partial charge in [-0.1, -0.05) is 0 Å². The van der Waals surface area contributed by atoms with E-state index in [0.29, 0.717) is 57.1 Å². The molecule has 5 aliphatic rings. The highest BCUT2D eigenvalue weighted by atomic mass is 19.4. The number of alkyl halides is 3. The second-order valence-electron chi connectivity index (χ2n) is 16.0. The van der Waals surface area contributed by atoms with Crippen LogP contribution in [-0.4, -0.2) is 95.7 Å². The quantitative estimate of drug-likeness (QED) is 0.329. The molecule has 1 aromatic carbocycles. The Morgan fingerprint density at radius 1 is 0.963 bits per heavy atom. The van der Waals surface area contributed by atoms with Crippen molar-refractivity contribution in [2.75, 3.05) is 56.7 Å². The Kier molecular flexibility index (Phi) is 9.86. The Bertz CT molecular complexity index is 1830. The van der Waals surface area contributed by atoms with E-state index in [9.17, 15) is 22.8 Å². The topological polar surface area (TPSA) is 126 Å². The first-order valence-corrected chi connectivity index (χ1v) is 19.1. The summed E-state index contributed by atoms with van der Waals surface area (Å²) in [6.07, 6.45) is 6.28. The molecule has 54 heavy (non-hydrogen) atoms. The number of amides is 2. The molecule has 2 aliphatic carbocycles. The van der Waals surface area contributed by atoms with Gasteiger partial charge in [0, 0.05) is 101 Å². The molecule has 2 amide bonds. The number of hydrogen-bond donors (Lipinski definition) is 1. The fourth-order valence-electron chi connectivity index (χ4n) is 9.59. The number of carbonyl (C=O) groups is 2. The first-order valence-electron chi connectivity index (χ1n) is 19.1. The van der Waals surface area contributed by atoms with Gasteiger partial charge in [-0.3, -0.25) is 9.59 Å². The van der Waals surface area contributed by atoms with Gasteiger partial charge in [-0.2, -0.15) is 13.2 Å². The molecule has 3 aromatic rings. The number of halogens is 3. The number of aromatic nitrogens is 4. The largest absolute Gasteiger partial charge is 0.490 e. The lowest BCUT2D eigenvalue weighted by atomic mass is 9.66. The summed E-state index contributed by atoms with van der Waals surface area (Å²) in [6, 6.07) is 7.29. The number of hydrogen-bond acceptors (Lipinski definition) is 10. The second kappa shape index (κ2) is 14.6. The predicted octanol–water partition coefficient (Wildman–Crippen LogP) is 5.55. The highest BCUT2D eigenvalue weighted by Gasteiger charge is 2.47. The molecule has 12 nitrogen and oxygen atoms in total. The summed E-state index contributed by atoms with van der Waals surface area (Å²) in [5.74, 6) is 1.03. The zero-order valence-corrected chi connectivity index (χ0v) is 30.7. The maximum Gasteiger partial charge on any atom is 0.434 e.